The van der Waals surface area contributed by atoms with Crippen LogP contribution < -0.4 is 10.7 Å². The molecule has 1 fully saturated rings. The summed E-state index contributed by atoms with van der Waals surface area (Å²) in [6, 6.07) is 3.49. The van der Waals surface area contributed by atoms with E-state index in [0.29, 0.717) is 18.7 Å². The van der Waals surface area contributed by atoms with Crippen LogP contribution in [0.2, 0.25) is 0 Å². The van der Waals surface area contributed by atoms with Gasteiger partial charge in [-0.15, -0.1) is 0 Å². The minimum Gasteiger partial charge on any atom is -0.502 e. The van der Waals surface area contributed by atoms with Gasteiger partial charge < -0.3 is 14.8 Å². The Labute approximate surface area is 148 Å². The first-order valence-electron chi connectivity index (χ1n) is 8.24. The van der Waals surface area contributed by atoms with Crippen LogP contribution in [0.25, 0.3) is 0 Å². The van der Waals surface area contributed by atoms with E-state index in [1.54, 1.807) is 0 Å². The molecule has 1 aromatic carbocycles. The van der Waals surface area contributed by atoms with E-state index in [-0.39, 0.29) is 18.1 Å². The van der Waals surface area contributed by atoms with E-state index in [9.17, 15) is 23.5 Å². The number of anilines is 1. The number of halogens is 2. The molecule has 1 saturated heterocycles. The summed E-state index contributed by atoms with van der Waals surface area (Å²) in [6.07, 6.45) is 3.25. The molecule has 0 radical (unpaired) electrons. The molecule has 1 aromatic heterocycles. The van der Waals surface area contributed by atoms with Crippen molar-refractivity contribution in [2.45, 2.75) is 31.8 Å². The fourth-order valence-corrected chi connectivity index (χ4v) is 3.06. The third-order valence-corrected chi connectivity index (χ3v) is 4.27. The summed E-state index contributed by atoms with van der Waals surface area (Å²) in [4.78, 5) is 25.9. The van der Waals surface area contributed by atoms with Crippen LogP contribution in [0.5, 0.6) is 5.75 Å². The summed E-state index contributed by atoms with van der Waals surface area (Å²) in [5.41, 5.74) is -0.506. The second-order valence-corrected chi connectivity index (χ2v) is 6.23. The predicted octanol–water partition coefficient (Wildman–Crippen LogP) is 2.62. The van der Waals surface area contributed by atoms with Gasteiger partial charge in [-0.05, 0) is 31.5 Å². The molecule has 1 aliphatic rings. The van der Waals surface area contributed by atoms with Gasteiger partial charge in [0.15, 0.2) is 5.75 Å². The molecule has 2 heterocycles. The number of hydrogen-bond donors (Lipinski definition) is 2. The number of nitrogens with one attached hydrogen (secondary N) is 1. The fourth-order valence-electron chi connectivity index (χ4n) is 3.06. The number of nitrogens with zero attached hydrogens (tertiary/aromatic N) is 1. The summed E-state index contributed by atoms with van der Waals surface area (Å²) in [6.45, 7) is 0.825. The van der Waals surface area contributed by atoms with Crippen molar-refractivity contribution in [3.8, 4) is 5.75 Å². The van der Waals surface area contributed by atoms with Crippen molar-refractivity contribution >= 4 is 11.6 Å². The van der Waals surface area contributed by atoms with E-state index in [0.717, 1.165) is 37.3 Å². The number of rotatable bonds is 4. The zero-order chi connectivity index (χ0) is 18.7. The van der Waals surface area contributed by atoms with Gasteiger partial charge in [0.25, 0.3) is 0 Å². The molecule has 138 valence electrons. The van der Waals surface area contributed by atoms with Crippen LogP contribution in [0, 0.1) is 11.6 Å². The Kier molecular flexibility index (Phi) is 5.32. The first kappa shape index (κ1) is 18.1. The molecule has 2 aromatic rings. The molecular formula is C18H18F2N2O4. The van der Waals surface area contributed by atoms with Gasteiger partial charge in [0.2, 0.25) is 11.3 Å². The minimum absolute atomic E-state index is 0.0502. The van der Waals surface area contributed by atoms with Gasteiger partial charge in [0.05, 0.1) is 12.6 Å². The summed E-state index contributed by atoms with van der Waals surface area (Å²) >= 11 is 0. The number of benzene rings is 1. The summed E-state index contributed by atoms with van der Waals surface area (Å²) in [5.74, 6) is -2.08. The van der Waals surface area contributed by atoms with Crippen molar-refractivity contribution in [1.29, 1.82) is 0 Å². The standard InChI is InChI=1S/C18H18F2N2O4/c19-11-5-12(20)7-13(6-11)21-18(25)15-3-1-2-4-22(15)9-14-8-16(23)17(24)10-26-14/h5-8,10,15,24H,1-4,9H2,(H,21,25). The number of amides is 1. The number of likely N-dealkylation sites (tertiary alicyclic amines) is 1. The van der Waals surface area contributed by atoms with Crippen LogP contribution in [0.1, 0.15) is 25.0 Å². The van der Waals surface area contributed by atoms with E-state index in [1.165, 1.54) is 6.07 Å². The van der Waals surface area contributed by atoms with E-state index in [4.69, 9.17) is 4.42 Å². The van der Waals surface area contributed by atoms with Crippen molar-refractivity contribution in [2.24, 2.45) is 0 Å². The lowest BCUT2D eigenvalue weighted by Gasteiger charge is -2.34. The number of aromatic hydroxyl groups is 1. The average Bonchev–Trinajstić information content (AvgIpc) is 2.57. The molecule has 2 N–H and O–H groups in total. The van der Waals surface area contributed by atoms with E-state index in [1.807, 2.05) is 4.90 Å². The van der Waals surface area contributed by atoms with E-state index < -0.39 is 28.9 Å². The molecule has 6 nitrogen and oxygen atoms in total. The third-order valence-electron chi connectivity index (χ3n) is 4.27. The maximum atomic E-state index is 13.3. The smallest absolute Gasteiger partial charge is 0.241 e. The van der Waals surface area contributed by atoms with Gasteiger partial charge in [0, 0.05) is 17.8 Å². The van der Waals surface area contributed by atoms with Crippen molar-refractivity contribution in [3.05, 3.63) is 58.1 Å². The Morgan fingerprint density at radius 1 is 1.23 bits per heavy atom. The van der Waals surface area contributed by atoms with Crippen LogP contribution in [0.4, 0.5) is 14.5 Å². The van der Waals surface area contributed by atoms with Gasteiger partial charge in [0.1, 0.15) is 23.7 Å². The summed E-state index contributed by atoms with van der Waals surface area (Å²) in [7, 11) is 0. The van der Waals surface area contributed by atoms with Crippen LogP contribution in [-0.2, 0) is 11.3 Å². The van der Waals surface area contributed by atoms with Crippen LogP contribution >= 0.6 is 0 Å². The molecule has 1 unspecified atom stereocenters. The van der Waals surface area contributed by atoms with Gasteiger partial charge in [-0.1, -0.05) is 6.42 Å². The highest BCUT2D eigenvalue weighted by Gasteiger charge is 2.29. The quantitative estimate of drug-likeness (QED) is 0.871. The first-order chi connectivity index (χ1) is 12.4. The lowest BCUT2D eigenvalue weighted by atomic mass is 10.0. The number of hydrogen-bond acceptors (Lipinski definition) is 5. The maximum absolute atomic E-state index is 13.3. The first-order valence-corrected chi connectivity index (χ1v) is 8.24. The fraction of sp³-hybridized carbons (Fsp3) is 0.333. The van der Waals surface area contributed by atoms with Crippen LogP contribution in [0.15, 0.2) is 39.7 Å². The molecule has 8 heteroatoms. The summed E-state index contributed by atoms with van der Waals surface area (Å²) < 4.78 is 31.8. The molecular weight excluding hydrogens is 346 g/mol. The number of carbonyl (C=O) groups is 1. The third kappa shape index (κ3) is 4.26. The van der Waals surface area contributed by atoms with E-state index in [2.05, 4.69) is 5.32 Å². The van der Waals surface area contributed by atoms with Crippen LogP contribution in [0.3, 0.4) is 0 Å². The lowest BCUT2D eigenvalue weighted by molar-refractivity contribution is -0.122. The highest BCUT2D eigenvalue weighted by molar-refractivity contribution is 5.94. The van der Waals surface area contributed by atoms with Crippen molar-refractivity contribution < 1.29 is 23.1 Å². The highest BCUT2D eigenvalue weighted by atomic mass is 19.1. The molecule has 1 atom stereocenters. The van der Waals surface area contributed by atoms with Gasteiger partial charge in [-0.2, -0.15) is 0 Å². The summed E-state index contributed by atoms with van der Waals surface area (Å²) in [5, 5.41) is 11.8. The zero-order valence-electron chi connectivity index (χ0n) is 13.9. The Hall–Kier alpha value is -2.74. The molecule has 1 aliphatic heterocycles. The Morgan fingerprint density at radius 2 is 1.96 bits per heavy atom. The molecule has 1 amide bonds. The number of piperidine rings is 1. The number of carbonyl (C=O) groups excluding carboxylic acids is 1. The normalized spacial score (nSPS) is 17.8. The van der Waals surface area contributed by atoms with Crippen molar-refractivity contribution in [1.82, 2.24) is 4.90 Å². The Bertz CT molecular complexity index is 848. The lowest BCUT2D eigenvalue weighted by Crippen LogP contribution is -2.46. The van der Waals surface area contributed by atoms with Crippen molar-refractivity contribution in [3.63, 3.8) is 0 Å². The van der Waals surface area contributed by atoms with Gasteiger partial charge in [-0.3, -0.25) is 14.5 Å². The highest BCUT2D eigenvalue weighted by Crippen LogP contribution is 2.22. The largest absolute Gasteiger partial charge is 0.502 e. The maximum Gasteiger partial charge on any atom is 0.241 e. The monoisotopic (exact) mass is 364 g/mol. The van der Waals surface area contributed by atoms with Crippen LogP contribution in [-0.4, -0.2) is 28.5 Å². The predicted molar refractivity (Wildman–Crippen MR) is 89.7 cm³/mol. The Morgan fingerprint density at radius 3 is 2.65 bits per heavy atom. The molecule has 0 aliphatic carbocycles. The second-order valence-electron chi connectivity index (χ2n) is 6.23. The molecule has 0 bridgehead atoms. The average molecular weight is 364 g/mol. The molecule has 0 saturated carbocycles. The van der Waals surface area contributed by atoms with E-state index >= 15 is 0 Å². The van der Waals surface area contributed by atoms with Crippen molar-refractivity contribution in [2.75, 3.05) is 11.9 Å². The van der Waals surface area contributed by atoms with Gasteiger partial charge >= 0.3 is 0 Å². The Balaban J connectivity index is 1.74. The topological polar surface area (TPSA) is 82.8 Å². The zero-order valence-corrected chi connectivity index (χ0v) is 13.9. The van der Waals surface area contributed by atoms with Gasteiger partial charge in [-0.25, -0.2) is 8.78 Å². The second kappa shape index (κ2) is 7.65. The molecule has 3 rings (SSSR count). The molecule has 0 spiro atoms. The molecule has 26 heavy (non-hydrogen) atoms. The SMILES string of the molecule is O=C(Nc1cc(F)cc(F)c1)C1CCCCN1Cc1cc(=O)c(O)co1. The minimum atomic E-state index is -0.772.